The van der Waals surface area contributed by atoms with Crippen molar-refractivity contribution in [2.24, 2.45) is 11.1 Å². The van der Waals surface area contributed by atoms with E-state index in [4.69, 9.17) is 5.73 Å². The zero-order chi connectivity index (χ0) is 10.1. The van der Waals surface area contributed by atoms with Crippen molar-refractivity contribution < 1.29 is 0 Å². The lowest BCUT2D eigenvalue weighted by Crippen LogP contribution is -2.49. The molecule has 2 saturated carbocycles. The van der Waals surface area contributed by atoms with E-state index in [9.17, 15) is 0 Å². The molecule has 0 aromatic rings. The van der Waals surface area contributed by atoms with Crippen LogP contribution in [0.3, 0.4) is 0 Å². The van der Waals surface area contributed by atoms with Crippen molar-refractivity contribution in [3.63, 3.8) is 0 Å². The molecule has 2 nitrogen and oxygen atoms in total. The van der Waals surface area contributed by atoms with Gasteiger partial charge in [0.05, 0.1) is 0 Å². The highest BCUT2D eigenvalue weighted by molar-refractivity contribution is 4.93. The van der Waals surface area contributed by atoms with Crippen LogP contribution in [0.1, 0.15) is 51.9 Å². The van der Waals surface area contributed by atoms with Crippen molar-refractivity contribution in [2.75, 3.05) is 13.1 Å². The van der Waals surface area contributed by atoms with Crippen LogP contribution in [-0.4, -0.2) is 18.6 Å². The number of nitrogens with two attached hydrogens (primary N) is 1. The molecule has 14 heavy (non-hydrogen) atoms. The van der Waals surface area contributed by atoms with Crippen LogP contribution in [-0.2, 0) is 0 Å². The highest BCUT2D eigenvalue weighted by Gasteiger charge is 2.33. The Bertz CT molecular complexity index is 190. The average molecular weight is 196 g/mol. The van der Waals surface area contributed by atoms with Crippen LogP contribution in [0.5, 0.6) is 0 Å². The molecule has 2 rings (SSSR count). The second kappa shape index (κ2) is 3.82. The third kappa shape index (κ3) is 2.29. The minimum absolute atomic E-state index is 0.125. The lowest BCUT2D eigenvalue weighted by molar-refractivity contribution is 0.153. The Morgan fingerprint density at radius 2 is 1.64 bits per heavy atom. The maximum atomic E-state index is 6.29. The van der Waals surface area contributed by atoms with Gasteiger partial charge in [0.25, 0.3) is 0 Å². The minimum atomic E-state index is 0.125. The number of hydrogen-bond donors (Lipinski definition) is 2. The molecule has 2 aliphatic carbocycles. The van der Waals surface area contributed by atoms with Crippen LogP contribution in [0.4, 0.5) is 0 Å². The van der Waals surface area contributed by atoms with Gasteiger partial charge in [-0.15, -0.1) is 0 Å². The Labute approximate surface area is 87.6 Å². The SMILES string of the molecule is CC1(CNCC2(N)CCCC2)CCC1. The molecule has 0 radical (unpaired) electrons. The predicted octanol–water partition coefficient (Wildman–Crippen LogP) is 2.04. The fraction of sp³-hybridized carbons (Fsp3) is 1.00. The van der Waals surface area contributed by atoms with Crippen molar-refractivity contribution in [1.82, 2.24) is 5.32 Å². The van der Waals surface area contributed by atoms with Gasteiger partial charge >= 0.3 is 0 Å². The van der Waals surface area contributed by atoms with E-state index in [1.807, 2.05) is 0 Å². The second-order valence-corrected chi connectivity index (χ2v) is 5.84. The molecule has 0 unspecified atom stereocenters. The molecule has 0 atom stereocenters. The van der Waals surface area contributed by atoms with Gasteiger partial charge in [0.2, 0.25) is 0 Å². The maximum absolute atomic E-state index is 6.29. The predicted molar refractivity (Wildman–Crippen MR) is 60.2 cm³/mol. The Kier molecular flexibility index (Phi) is 2.85. The third-order valence-electron chi connectivity index (χ3n) is 4.19. The molecule has 0 amide bonds. The summed E-state index contributed by atoms with van der Waals surface area (Å²) in [5.41, 5.74) is 7.00. The van der Waals surface area contributed by atoms with Crippen molar-refractivity contribution >= 4 is 0 Å². The van der Waals surface area contributed by atoms with Gasteiger partial charge in [0.1, 0.15) is 0 Å². The summed E-state index contributed by atoms with van der Waals surface area (Å²) in [7, 11) is 0. The molecule has 0 heterocycles. The molecule has 2 aliphatic rings. The molecule has 2 fully saturated rings. The molecular weight excluding hydrogens is 172 g/mol. The van der Waals surface area contributed by atoms with Gasteiger partial charge in [0.15, 0.2) is 0 Å². The molecule has 0 aliphatic heterocycles. The molecule has 0 aromatic heterocycles. The van der Waals surface area contributed by atoms with E-state index in [-0.39, 0.29) is 5.54 Å². The summed E-state index contributed by atoms with van der Waals surface area (Å²) in [6, 6.07) is 0. The summed E-state index contributed by atoms with van der Waals surface area (Å²) < 4.78 is 0. The first-order valence-electron chi connectivity index (χ1n) is 6.12. The smallest absolute Gasteiger partial charge is 0.0280 e. The lowest BCUT2D eigenvalue weighted by Gasteiger charge is -2.39. The van der Waals surface area contributed by atoms with Gasteiger partial charge < -0.3 is 11.1 Å². The molecule has 0 bridgehead atoms. The monoisotopic (exact) mass is 196 g/mol. The quantitative estimate of drug-likeness (QED) is 0.722. The van der Waals surface area contributed by atoms with Crippen molar-refractivity contribution in [2.45, 2.75) is 57.4 Å². The van der Waals surface area contributed by atoms with E-state index in [2.05, 4.69) is 12.2 Å². The van der Waals surface area contributed by atoms with Crippen LogP contribution in [0.15, 0.2) is 0 Å². The standard InChI is InChI=1S/C12H24N2/c1-11(5-4-6-11)9-14-10-12(13)7-2-3-8-12/h14H,2-10,13H2,1H3. The number of nitrogens with one attached hydrogen (secondary N) is 1. The van der Waals surface area contributed by atoms with Gasteiger partial charge in [-0.05, 0) is 31.1 Å². The van der Waals surface area contributed by atoms with Gasteiger partial charge in [-0.3, -0.25) is 0 Å². The minimum Gasteiger partial charge on any atom is -0.324 e. The van der Waals surface area contributed by atoms with E-state index >= 15 is 0 Å². The van der Waals surface area contributed by atoms with Crippen LogP contribution < -0.4 is 11.1 Å². The molecule has 0 aromatic carbocycles. The molecule has 0 saturated heterocycles. The first-order valence-corrected chi connectivity index (χ1v) is 6.12. The van der Waals surface area contributed by atoms with Gasteiger partial charge in [-0.25, -0.2) is 0 Å². The fourth-order valence-corrected chi connectivity index (χ4v) is 2.83. The maximum Gasteiger partial charge on any atom is 0.0280 e. The largest absolute Gasteiger partial charge is 0.324 e. The summed E-state index contributed by atoms with van der Waals surface area (Å²) >= 11 is 0. The zero-order valence-corrected chi connectivity index (χ0v) is 9.44. The number of rotatable bonds is 4. The second-order valence-electron chi connectivity index (χ2n) is 5.84. The fourth-order valence-electron chi connectivity index (χ4n) is 2.83. The van der Waals surface area contributed by atoms with E-state index in [1.54, 1.807) is 0 Å². The Morgan fingerprint density at radius 1 is 1.00 bits per heavy atom. The van der Waals surface area contributed by atoms with Crippen LogP contribution in [0.25, 0.3) is 0 Å². The normalized spacial score (nSPS) is 28.7. The topological polar surface area (TPSA) is 38.0 Å². The van der Waals surface area contributed by atoms with Crippen molar-refractivity contribution in [1.29, 1.82) is 0 Å². The van der Waals surface area contributed by atoms with Crippen LogP contribution in [0.2, 0.25) is 0 Å². The first kappa shape index (κ1) is 10.4. The summed E-state index contributed by atoms with van der Waals surface area (Å²) in [6.45, 7) is 4.59. The Morgan fingerprint density at radius 3 is 2.14 bits per heavy atom. The van der Waals surface area contributed by atoms with Crippen LogP contribution >= 0.6 is 0 Å². The molecular formula is C12H24N2. The van der Waals surface area contributed by atoms with Crippen LogP contribution in [0, 0.1) is 5.41 Å². The summed E-state index contributed by atoms with van der Waals surface area (Å²) in [4.78, 5) is 0. The Balaban J connectivity index is 1.67. The molecule has 82 valence electrons. The average Bonchev–Trinajstić information content (AvgIpc) is 2.50. The summed E-state index contributed by atoms with van der Waals surface area (Å²) in [5, 5.41) is 3.59. The van der Waals surface area contributed by atoms with Gasteiger partial charge in [0, 0.05) is 18.6 Å². The van der Waals surface area contributed by atoms with Gasteiger partial charge in [-0.1, -0.05) is 26.2 Å². The first-order chi connectivity index (χ1) is 6.62. The molecule has 2 heteroatoms. The van der Waals surface area contributed by atoms with Crippen molar-refractivity contribution in [3.8, 4) is 0 Å². The summed E-state index contributed by atoms with van der Waals surface area (Å²) in [5.74, 6) is 0. The van der Waals surface area contributed by atoms with Crippen molar-refractivity contribution in [3.05, 3.63) is 0 Å². The summed E-state index contributed by atoms with van der Waals surface area (Å²) in [6.07, 6.45) is 9.32. The Hall–Kier alpha value is -0.0800. The van der Waals surface area contributed by atoms with E-state index in [1.165, 1.54) is 51.5 Å². The zero-order valence-electron chi connectivity index (χ0n) is 9.44. The van der Waals surface area contributed by atoms with Gasteiger partial charge in [-0.2, -0.15) is 0 Å². The van der Waals surface area contributed by atoms with E-state index in [0.717, 1.165) is 6.54 Å². The highest BCUT2D eigenvalue weighted by Crippen LogP contribution is 2.39. The third-order valence-corrected chi connectivity index (χ3v) is 4.19. The lowest BCUT2D eigenvalue weighted by atomic mass is 9.70. The molecule has 0 spiro atoms. The van der Waals surface area contributed by atoms with E-state index in [0.29, 0.717) is 5.41 Å². The highest BCUT2D eigenvalue weighted by atomic mass is 14.9. The van der Waals surface area contributed by atoms with E-state index < -0.39 is 0 Å². The molecule has 3 N–H and O–H groups in total. The number of hydrogen-bond acceptors (Lipinski definition) is 2.